The van der Waals surface area contributed by atoms with Gasteiger partial charge in [0.15, 0.2) is 0 Å². The molecule has 2 aliphatic heterocycles. The van der Waals surface area contributed by atoms with Gasteiger partial charge in [-0.05, 0) is 50.2 Å². The third-order valence-electron chi connectivity index (χ3n) is 6.34. The Labute approximate surface area is 161 Å². The number of rotatable bonds is 4. The number of nitrogens with zero attached hydrogens (tertiary/aromatic N) is 3. The maximum atomic E-state index is 12.9. The van der Waals surface area contributed by atoms with Crippen LogP contribution in [0.15, 0.2) is 16.5 Å². The molecule has 1 saturated carbocycles. The number of carbonyl (C=O) groups excluding carboxylic acids is 2. The summed E-state index contributed by atoms with van der Waals surface area (Å²) in [6.07, 6.45) is 5.14. The Morgan fingerprint density at radius 3 is 2.56 bits per heavy atom. The van der Waals surface area contributed by atoms with Crippen LogP contribution >= 0.6 is 0 Å². The van der Waals surface area contributed by atoms with Crippen molar-refractivity contribution >= 4 is 11.9 Å². The number of carbonyl (C=O) groups is 2. The Hall–Kier alpha value is -1.98. The maximum Gasteiger partial charge on any atom is 0.320 e. The highest BCUT2D eigenvalue weighted by Gasteiger charge is 2.37. The van der Waals surface area contributed by atoms with E-state index in [0.717, 1.165) is 56.8 Å². The van der Waals surface area contributed by atoms with Gasteiger partial charge < -0.3 is 19.1 Å². The predicted molar refractivity (Wildman–Crippen MR) is 102 cm³/mol. The highest BCUT2D eigenvalue weighted by atomic mass is 16.3. The van der Waals surface area contributed by atoms with Crippen molar-refractivity contribution in [3.63, 3.8) is 0 Å². The van der Waals surface area contributed by atoms with Gasteiger partial charge >= 0.3 is 6.03 Å². The van der Waals surface area contributed by atoms with Crippen LogP contribution in [0.3, 0.4) is 0 Å². The van der Waals surface area contributed by atoms with Gasteiger partial charge in [-0.15, -0.1) is 0 Å². The number of urea groups is 1. The van der Waals surface area contributed by atoms with Gasteiger partial charge in [0.1, 0.15) is 11.5 Å². The second-order valence-corrected chi connectivity index (χ2v) is 8.58. The minimum Gasteiger partial charge on any atom is -0.464 e. The van der Waals surface area contributed by atoms with E-state index in [1.165, 1.54) is 6.42 Å². The van der Waals surface area contributed by atoms with Crippen molar-refractivity contribution in [1.82, 2.24) is 14.7 Å². The molecule has 3 aliphatic rings. The quantitative estimate of drug-likeness (QED) is 0.814. The van der Waals surface area contributed by atoms with Crippen molar-refractivity contribution in [3.05, 3.63) is 23.7 Å². The van der Waals surface area contributed by atoms with E-state index in [1.807, 2.05) is 22.9 Å². The highest BCUT2D eigenvalue weighted by molar-refractivity contribution is 5.81. The standard InChI is InChI=1S/C21H31N3O3/c1-15-12-18(15)19-8-7-17(27-19)14-22(2)20(25)16-6-5-11-24(13-16)21(26)23-9-3-4-10-23/h7-8,15-16,18H,3-6,9-14H2,1-2H3/t15-,16+,18+/m1/s1. The van der Waals surface area contributed by atoms with Crippen LogP contribution in [-0.2, 0) is 11.3 Å². The molecule has 1 aromatic rings. The summed E-state index contributed by atoms with van der Waals surface area (Å²) < 4.78 is 5.95. The van der Waals surface area contributed by atoms with E-state index < -0.39 is 0 Å². The van der Waals surface area contributed by atoms with Crippen LogP contribution in [0.1, 0.15) is 56.5 Å². The molecule has 6 nitrogen and oxygen atoms in total. The van der Waals surface area contributed by atoms with Crippen LogP contribution in [0, 0.1) is 11.8 Å². The summed E-state index contributed by atoms with van der Waals surface area (Å²) in [5.41, 5.74) is 0. The van der Waals surface area contributed by atoms with Crippen LogP contribution in [0.4, 0.5) is 4.79 Å². The number of hydrogen-bond donors (Lipinski definition) is 0. The molecule has 27 heavy (non-hydrogen) atoms. The molecule has 0 aromatic carbocycles. The van der Waals surface area contributed by atoms with Gasteiger partial charge in [0.2, 0.25) is 5.91 Å². The lowest BCUT2D eigenvalue weighted by Crippen LogP contribution is -2.49. The first-order valence-corrected chi connectivity index (χ1v) is 10.4. The summed E-state index contributed by atoms with van der Waals surface area (Å²) in [7, 11) is 1.84. The normalized spacial score (nSPS) is 27.7. The number of hydrogen-bond acceptors (Lipinski definition) is 3. The van der Waals surface area contributed by atoms with Gasteiger partial charge in [-0.25, -0.2) is 4.79 Å². The molecule has 1 aliphatic carbocycles. The van der Waals surface area contributed by atoms with E-state index in [2.05, 4.69) is 13.0 Å². The molecule has 3 heterocycles. The molecule has 0 spiro atoms. The maximum absolute atomic E-state index is 12.9. The average molecular weight is 373 g/mol. The zero-order chi connectivity index (χ0) is 19.0. The average Bonchev–Trinajstić information content (AvgIpc) is 3.10. The fourth-order valence-electron chi connectivity index (χ4n) is 4.48. The Morgan fingerprint density at radius 1 is 1.15 bits per heavy atom. The fraction of sp³-hybridized carbons (Fsp3) is 0.714. The first-order chi connectivity index (χ1) is 13.0. The number of furan rings is 1. The summed E-state index contributed by atoms with van der Waals surface area (Å²) in [4.78, 5) is 31.1. The minimum atomic E-state index is -0.104. The molecule has 0 bridgehead atoms. The van der Waals surface area contributed by atoms with E-state index in [0.29, 0.717) is 24.9 Å². The van der Waals surface area contributed by atoms with Gasteiger partial charge in [0.25, 0.3) is 0 Å². The summed E-state index contributed by atoms with van der Waals surface area (Å²) in [6.45, 7) is 5.76. The lowest BCUT2D eigenvalue weighted by Gasteiger charge is -2.35. The van der Waals surface area contributed by atoms with E-state index in [4.69, 9.17) is 4.42 Å². The molecular formula is C21H31N3O3. The Kier molecular flexibility index (Phi) is 5.15. The molecule has 4 rings (SSSR count). The zero-order valence-electron chi connectivity index (χ0n) is 16.5. The summed E-state index contributed by atoms with van der Waals surface area (Å²) in [6, 6.07) is 4.16. The topological polar surface area (TPSA) is 57.0 Å². The monoisotopic (exact) mass is 373 g/mol. The van der Waals surface area contributed by atoms with Crippen molar-refractivity contribution in [2.24, 2.45) is 11.8 Å². The van der Waals surface area contributed by atoms with Crippen LogP contribution < -0.4 is 0 Å². The molecule has 3 fully saturated rings. The van der Waals surface area contributed by atoms with Gasteiger partial charge in [-0.1, -0.05) is 6.92 Å². The van der Waals surface area contributed by atoms with Crippen LogP contribution in [0.2, 0.25) is 0 Å². The molecule has 3 atom stereocenters. The van der Waals surface area contributed by atoms with E-state index in [1.54, 1.807) is 4.90 Å². The SMILES string of the molecule is C[C@@H]1C[C@@H]1c1ccc(CN(C)C(=O)[C@H]2CCCN(C(=O)N3CCCC3)C2)o1. The zero-order valence-corrected chi connectivity index (χ0v) is 16.5. The molecule has 1 aromatic heterocycles. The number of likely N-dealkylation sites (tertiary alicyclic amines) is 2. The van der Waals surface area contributed by atoms with Crippen molar-refractivity contribution in [3.8, 4) is 0 Å². The molecule has 0 N–H and O–H groups in total. The van der Waals surface area contributed by atoms with Crippen molar-refractivity contribution in [1.29, 1.82) is 0 Å². The molecule has 0 unspecified atom stereocenters. The number of piperidine rings is 1. The Morgan fingerprint density at radius 2 is 1.85 bits per heavy atom. The smallest absolute Gasteiger partial charge is 0.320 e. The van der Waals surface area contributed by atoms with Crippen LogP contribution in [-0.4, -0.2) is 59.9 Å². The third kappa shape index (κ3) is 3.99. The summed E-state index contributed by atoms with van der Waals surface area (Å²) in [5, 5.41) is 0. The van der Waals surface area contributed by atoms with Crippen LogP contribution in [0.5, 0.6) is 0 Å². The second-order valence-electron chi connectivity index (χ2n) is 8.58. The third-order valence-corrected chi connectivity index (χ3v) is 6.34. The lowest BCUT2D eigenvalue weighted by atomic mass is 9.96. The van der Waals surface area contributed by atoms with Gasteiger partial charge in [-0.3, -0.25) is 4.79 Å². The van der Waals surface area contributed by atoms with Gasteiger partial charge in [0.05, 0.1) is 12.5 Å². The van der Waals surface area contributed by atoms with Crippen molar-refractivity contribution in [2.45, 2.75) is 51.5 Å². The molecule has 2 saturated heterocycles. The Bertz CT molecular complexity index is 695. The van der Waals surface area contributed by atoms with E-state index in [9.17, 15) is 9.59 Å². The molecule has 6 heteroatoms. The van der Waals surface area contributed by atoms with E-state index >= 15 is 0 Å². The first-order valence-electron chi connectivity index (χ1n) is 10.4. The van der Waals surface area contributed by atoms with E-state index in [-0.39, 0.29) is 17.9 Å². The molecule has 3 amide bonds. The van der Waals surface area contributed by atoms with Crippen LogP contribution in [0.25, 0.3) is 0 Å². The minimum absolute atomic E-state index is 0.104. The second kappa shape index (κ2) is 7.56. The molecule has 0 radical (unpaired) electrons. The summed E-state index contributed by atoms with van der Waals surface area (Å²) in [5.74, 6) is 3.19. The molecule has 148 valence electrons. The first kappa shape index (κ1) is 18.4. The Balaban J connectivity index is 1.32. The predicted octanol–water partition coefficient (Wildman–Crippen LogP) is 3.29. The van der Waals surface area contributed by atoms with Crippen molar-refractivity contribution < 1.29 is 14.0 Å². The highest BCUT2D eigenvalue weighted by Crippen LogP contribution is 2.47. The van der Waals surface area contributed by atoms with Crippen molar-refractivity contribution in [2.75, 3.05) is 33.2 Å². The fourth-order valence-corrected chi connectivity index (χ4v) is 4.48. The molecular weight excluding hydrogens is 342 g/mol. The number of amides is 3. The van der Waals surface area contributed by atoms with Gasteiger partial charge in [0, 0.05) is 39.1 Å². The lowest BCUT2D eigenvalue weighted by molar-refractivity contribution is -0.136. The van der Waals surface area contributed by atoms with Gasteiger partial charge in [-0.2, -0.15) is 0 Å². The largest absolute Gasteiger partial charge is 0.464 e. The summed E-state index contributed by atoms with van der Waals surface area (Å²) >= 11 is 0.